The van der Waals surface area contributed by atoms with E-state index in [2.05, 4.69) is 25.4 Å². The Bertz CT molecular complexity index is 999. The first-order valence-electron chi connectivity index (χ1n) is 10.5. The molecule has 2 fully saturated rings. The van der Waals surface area contributed by atoms with Crippen LogP contribution in [0.5, 0.6) is 0 Å². The van der Waals surface area contributed by atoms with Gasteiger partial charge in [-0.25, -0.2) is 8.78 Å². The van der Waals surface area contributed by atoms with Gasteiger partial charge < -0.3 is 15.5 Å². The normalized spacial score (nSPS) is 18.7. The molecule has 2 saturated heterocycles. The highest BCUT2D eigenvalue weighted by molar-refractivity contribution is 6.31. The summed E-state index contributed by atoms with van der Waals surface area (Å²) < 4.78 is 27.8. The van der Waals surface area contributed by atoms with E-state index in [0.717, 1.165) is 17.7 Å². The first kappa shape index (κ1) is 22.6. The summed E-state index contributed by atoms with van der Waals surface area (Å²) in [5.74, 6) is -2.81. The molecule has 2 aliphatic heterocycles. The summed E-state index contributed by atoms with van der Waals surface area (Å²) in [7, 11) is 0. The van der Waals surface area contributed by atoms with Crippen LogP contribution < -0.4 is 10.6 Å². The smallest absolute Gasteiger partial charge is 0.257 e. The average molecular weight is 464 g/mol. The minimum absolute atomic E-state index is 0.0428. The van der Waals surface area contributed by atoms with E-state index in [1.807, 2.05) is 12.1 Å². The average Bonchev–Trinajstić information content (AvgIpc) is 3.08. The highest BCUT2D eigenvalue weighted by Crippen LogP contribution is 2.33. The Balaban J connectivity index is 1.30. The fourth-order valence-corrected chi connectivity index (χ4v) is 4.54. The van der Waals surface area contributed by atoms with E-state index < -0.39 is 28.6 Å². The van der Waals surface area contributed by atoms with Crippen LogP contribution in [-0.4, -0.2) is 65.0 Å². The Morgan fingerprint density at radius 1 is 1.25 bits per heavy atom. The number of halogens is 3. The first-order valence-corrected chi connectivity index (χ1v) is 10.8. The second-order valence-electron chi connectivity index (χ2n) is 8.07. The van der Waals surface area contributed by atoms with E-state index in [4.69, 9.17) is 11.6 Å². The van der Waals surface area contributed by atoms with Gasteiger partial charge in [0.1, 0.15) is 16.9 Å². The summed E-state index contributed by atoms with van der Waals surface area (Å²) in [6.45, 7) is 3.22. The predicted molar refractivity (Wildman–Crippen MR) is 115 cm³/mol. The largest absolute Gasteiger partial charge is 0.351 e. The maximum atomic E-state index is 14.0. The molecule has 0 aliphatic carbocycles. The lowest BCUT2D eigenvalue weighted by molar-refractivity contribution is -0.129. The number of hydrogen-bond donors (Lipinski definition) is 2. The molecular formula is C22H24ClF2N5O2. The SMILES string of the molecule is O=C(NCCN1CCC2(CC1)C(=O)NCN2Cc1cccnc1)c1c(F)ccc(Cl)c1F. The number of pyridine rings is 1. The summed E-state index contributed by atoms with van der Waals surface area (Å²) in [4.78, 5) is 33.3. The third kappa shape index (κ3) is 4.46. The number of aromatic nitrogens is 1. The number of carbonyl (C=O) groups excluding carboxylic acids is 2. The third-order valence-corrected chi connectivity index (χ3v) is 6.51. The molecule has 2 N–H and O–H groups in total. The standard InChI is InChI=1S/C22H24ClF2N5O2/c23-16-3-4-17(24)18(19(16)25)20(31)27-8-11-29-9-5-22(6-10-29)21(32)28-14-30(22)13-15-2-1-7-26-12-15/h1-4,7,12H,5-6,8-11,13-14H2,(H,27,31)(H,28,32). The van der Waals surface area contributed by atoms with Crippen molar-refractivity contribution in [2.24, 2.45) is 0 Å². The van der Waals surface area contributed by atoms with Crippen LogP contribution in [0, 0.1) is 11.6 Å². The number of piperidine rings is 1. The lowest BCUT2D eigenvalue weighted by Gasteiger charge is -2.42. The van der Waals surface area contributed by atoms with Crippen LogP contribution in [-0.2, 0) is 11.3 Å². The molecule has 7 nitrogen and oxygen atoms in total. The second-order valence-corrected chi connectivity index (χ2v) is 8.48. The Morgan fingerprint density at radius 3 is 2.75 bits per heavy atom. The summed E-state index contributed by atoms with van der Waals surface area (Å²) in [5, 5.41) is 5.21. The lowest BCUT2D eigenvalue weighted by Crippen LogP contribution is -2.56. The van der Waals surface area contributed by atoms with E-state index in [-0.39, 0.29) is 17.5 Å². The molecule has 170 valence electrons. The predicted octanol–water partition coefficient (Wildman–Crippen LogP) is 2.17. The molecule has 1 aromatic carbocycles. The molecule has 4 rings (SSSR count). The molecule has 0 atom stereocenters. The highest BCUT2D eigenvalue weighted by atomic mass is 35.5. The van der Waals surface area contributed by atoms with Crippen LogP contribution in [0.15, 0.2) is 36.7 Å². The molecule has 10 heteroatoms. The summed E-state index contributed by atoms with van der Waals surface area (Å²) >= 11 is 5.65. The maximum absolute atomic E-state index is 14.0. The first-order chi connectivity index (χ1) is 15.4. The van der Waals surface area contributed by atoms with Crippen molar-refractivity contribution in [3.05, 3.63) is 64.4 Å². The number of likely N-dealkylation sites (tertiary alicyclic amines) is 1. The van der Waals surface area contributed by atoms with E-state index in [1.54, 1.807) is 12.4 Å². The molecular weight excluding hydrogens is 440 g/mol. The Labute approximate surface area is 189 Å². The molecule has 1 aromatic heterocycles. The minimum Gasteiger partial charge on any atom is -0.351 e. The van der Waals surface area contributed by atoms with Gasteiger partial charge in [0.25, 0.3) is 5.91 Å². The number of nitrogens with one attached hydrogen (secondary N) is 2. The van der Waals surface area contributed by atoms with Crippen molar-refractivity contribution in [1.29, 1.82) is 0 Å². The van der Waals surface area contributed by atoms with Gasteiger partial charge in [0.05, 0.1) is 11.7 Å². The van der Waals surface area contributed by atoms with Gasteiger partial charge in [0.15, 0.2) is 5.82 Å². The van der Waals surface area contributed by atoms with Crippen LogP contribution in [0.2, 0.25) is 5.02 Å². The van der Waals surface area contributed by atoms with Crippen LogP contribution >= 0.6 is 11.6 Å². The number of amides is 2. The molecule has 2 aliphatic rings. The highest BCUT2D eigenvalue weighted by Gasteiger charge is 2.49. The van der Waals surface area contributed by atoms with Crippen molar-refractivity contribution in [2.75, 3.05) is 32.8 Å². The van der Waals surface area contributed by atoms with Gasteiger partial charge in [-0.1, -0.05) is 17.7 Å². The van der Waals surface area contributed by atoms with Crippen LogP contribution in [0.25, 0.3) is 0 Å². The number of rotatable bonds is 6. The van der Waals surface area contributed by atoms with E-state index in [9.17, 15) is 18.4 Å². The van der Waals surface area contributed by atoms with Crippen LogP contribution in [0.4, 0.5) is 8.78 Å². The van der Waals surface area contributed by atoms with Gasteiger partial charge in [-0.15, -0.1) is 0 Å². The Kier molecular flexibility index (Phi) is 6.68. The molecule has 32 heavy (non-hydrogen) atoms. The molecule has 0 saturated carbocycles. The Hall–Kier alpha value is -2.62. The number of hydrogen-bond acceptors (Lipinski definition) is 5. The van der Waals surface area contributed by atoms with Gasteiger partial charge in [-0.3, -0.25) is 19.5 Å². The number of carbonyl (C=O) groups is 2. The third-order valence-electron chi connectivity index (χ3n) is 6.22. The summed E-state index contributed by atoms with van der Waals surface area (Å²) in [5.41, 5.74) is -0.180. The molecule has 1 spiro atoms. The van der Waals surface area contributed by atoms with E-state index >= 15 is 0 Å². The van der Waals surface area contributed by atoms with Gasteiger partial charge in [-0.05, 0) is 36.6 Å². The monoisotopic (exact) mass is 463 g/mol. The van der Waals surface area contributed by atoms with Gasteiger partial charge >= 0.3 is 0 Å². The quantitative estimate of drug-likeness (QED) is 0.642. The van der Waals surface area contributed by atoms with Crippen LogP contribution in [0.3, 0.4) is 0 Å². The molecule has 3 heterocycles. The molecule has 2 amide bonds. The molecule has 0 bridgehead atoms. The molecule has 2 aromatic rings. The summed E-state index contributed by atoms with van der Waals surface area (Å²) in [6.07, 6.45) is 4.84. The zero-order valence-corrected chi connectivity index (χ0v) is 18.2. The van der Waals surface area contributed by atoms with Gasteiger partial charge in [0.2, 0.25) is 5.91 Å². The van der Waals surface area contributed by atoms with Gasteiger partial charge in [0, 0.05) is 45.1 Å². The second kappa shape index (κ2) is 9.48. The van der Waals surface area contributed by atoms with Crippen molar-refractivity contribution < 1.29 is 18.4 Å². The fourth-order valence-electron chi connectivity index (χ4n) is 4.39. The van der Waals surface area contributed by atoms with E-state index in [1.165, 1.54) is 0 Å². The van der Waals surface area contributed by atoms with Crippen molar-refractivity contribution in [2.45, 2.75) is 24.9 Å². The Morgan fingerprint density at radius 2 is 2.03 bits per heavy atom. The van der Waals surface area contributed by atoms with Crippen molar-refractivity contribution in [3.63, 3.8) is 0 Å². The zero-order valence-electron chi connectivity index (χ0n) is 17.4. The van der Waals surface area contributed by atoms with Crippen LogP contribution in [0.1, 0.15) is 28.8 Å². The number of benzene rings is 1. The van der Waals surface area contributed by atoms with E-state index in [0.29, 0.717) is 45.7 Å². The minimum atomic E-state index is -1.06. The molecule has 0 unspecified atom stereocenters. The zero-order chi connectivity index (χ0) is 22.7. The topological polar surface area (TPSA) is 77.6 Å². The lowest BCUT2D eigenvalue weighted by atomic mass is 9.86. The van der Waals surface area contributed by atoms with Crippen molar-refractivity contribution in [1.82, 2.24) is 25.4 Å². The molecule has 0 radical (unpaired) electrons. The fraction of sp³-hybridized carbons (Fsp3) is 0.409. The van der Waals surface area contributed by atoms with Crippen molar-refractivity contribution in [3.8, 4) is 0 Å². The maximum Gasteiger partial charge on any atom is 0.257 e. The number of nitrogens with zero attached hydrogens (tertiary/aromatic N) is 3. The van der Waals surface area contributed by atoms with Crippen molar-refractivity contribution >= 4 is 23.4 Å². The van der Waals surface area contributed by atoms with Gasteiger partial charge in [-0.2, -0.15) is 0 Å². The summed E-state index contributed by atoms with van der Waals surface area (Å²) in [6, 6.07) is 5.91.